The Labute approximate surface area is 436 Å². The van der Waals surface area contributed by atoms with Crippen molar-refractivity contribution in [3.63, 3.8) is 0 Å². The molecule has 0 spiro atoms. The molecule has 2 heterocycles. The van der Waals surface area contributed by atoms with Crippen LogP contribution in [0.1, 0.15) is 0 Å². The molecule has 14 rings (SSSR count). The molecule has 0 aliphatic rings. The second kappa shape index (κ2) is 18.6. The zero-order valence-corrected chi connectivity index (χ0v) is 41.1. The molecule has 2 nitrogen and oxygen atoms in total. The summed E-state index contributed by atoms with van der Waals surface area (Å²) in [7, 11) is 0. The Morgan fingerprint density at radius 2 is 0.560 bits per heavy atom. The Kier molecular flexibility index (Phi) is 10.9. The Morgan fingerprint density at radius 1 is 0.213 bits per heavy atom. The van der Waals surface area contributed by atoms with Crippen molar-refractivity contribution in [2.45, 2.75) is 0 Å². The summed E-state index contributed by atoms with van der Waals surface area (Å²) in [5.41, 5.74) is 22.6. The minimum absolute atomic E-state index is 1.13. The maximum absolute atomic E-state index is 4.45. The zero-order valence-electron chi connectivity index (χ0n) is 41.1. The third-order valence-electron chi connectivity index (χ3n) is 15.1. The molecular weight excluding hydrogens is 905 g/mol. The molecule has 0 amide bonds. The molecule has 0 N–H and O–H groups in total. The highest BCUT2D eigenvalue weighted by Gasteiger charge is 2.20. The fourth-order valence-corrected chi connectivity index (χ4v) is 11.5. The van der Waals surface area contributed by atoms with Gasteiger partial charge >= 0.3 is 0 Å². The lowest BCUT2D eigenvalue weighted by Gasteiger charge is -2.20. The predicted octanol–water partition coefficient (Wildman–Crippen LogP) is 19.8. The molecule has 0 aliphatic carbocycles. The summed E-state index contributed by atoms with van der Waals surface area (Å²) < 4.78 is 2.34. The lowest BCUT2D eigenvalue weighted by molar-refractivity contribution is 1.17. The SMILES string of the molecule is c1ccc(-c2cccc(-c3cccc(-c4c5ccccc5c(-c5cccc(-c6cccc(-c7ccccc7)c6)c5)c5cc(-c6ccc(-c7ccc(-n8c9ccccc9c9cnccc98)cc7)cc6)ccc45)c3)c2)cc1. The number of pyridine rings is 1. The van der Waals surface area contributed by atoms with E-state index in [4.69, 9.17) is 0 Å². The summed E-state index contributed by atoms with van der Waals surface area (Å²) in [6.07, 6.45) is 3.85. The van der Waals surface area contributed by atoms with Crippen LogP contribution in [-0.4, -0.2) is 9.55 Å². The highest BCUT2D eigenvalue weighted by Crippen LogP contribution is 2.46. The molecule has 0 saturated heterocycles. The Balaban J connectivity index is 0.894. The molecule has 2 aromatic heterocycles. The van der Waals surface area contributed by atoms with Gasteiger partial charge in [0.2, 0.25) is 0 Å². The van der Waals surface area contributed by atoms with Gasteiger partial charge in [-0.3, -0.25) is 4.98 Å². The first kappa shape index (κ1) is 43.9. The molecule has 0 bridgehead atoms. The number of hydrogen-bond acceptors (Lipinski definition) is 1. The number of benzene rings is 12. The largest absolute Gasteiger partial charge is 0.309 e. The Bertz CT molecular complexity index is 4380. The summed E-state index contributed by atoms with van der Waals surface area (Å²) >= 11 is 0. The van der Waals surface area contributed by atoms with Crippen molar-refractivity contribution < 1.29 is 0 Å². The first-order valence-electron chi connectivity index (χ1n) is 25.7. The summed E-state index contributed by atoms with van der Waals surface area (Å²) in [5.74, 6) is 0. The molecule has 0 atom stereocenters. The van der Waals surface area contributed by atoms with Crippen LogP contribution >= 0.6 is 0 Å². The monoisotopic (exact) mass is 952 g/mol. The van der Waals surface area contributed by atoms with Crippen LogP contribution in [0, 0.1) is 0 Å². The number of rotatable bonds is 9. The van der Waals surface area contributed by atoms with E-state index in [2.05, 4.69) is 289 Å². The number of hydrogen-bond donors (Lipinski definition) is 0. The van der Waals surface area contributed by atoms with Crippen LogP contribution in [0.25, 0.3) is 138 Å². The molecule has 0 radical (unpaired) electrons. The van der Waals surface area contributed by atoms with E-state index in [1.807, 2.05) is 12.4 Å². The van der Waals surface area contributed by atoms with Crippen LogP contribution in [0.2, 0.25) is 0 Å². The summed E-state index contributed by atoms with van der Waals surface area (Å²) in [6.45, 7) is 0. The first-order chi connectivity index (χ1) is 37.2. The highest BCUT2D eigenvalue weighted by atomic mass is 15.0. The van der Waals surface area contributed by atoms with Gasteiger partial charge in [0.15, 0.2) is 0 Å². The van der Waals surface area contributed by atoms with E-state index < -0.39 is 0 Å². The van der Waals surface area contributed by atoms with Crippen molar-refractivity contribution in [2.24, 2.45) is 0 Å². The zero-order chi connectivity index (χ0) is 49.7. The maximum atomic E-state index is 4.45. The van der Waals surface area contributed by atoms with E-state index in [0.29, 0.717) is 0 Å². The molecule has 0 fully saturated rings. The minimum Gasteiger partial charge on any atom is -0.309 e. The van der Waals surface area contributed by atoms with Crippen LogP contribution in [0.3, 0.4) is 0 Å². The standard InChI is InChI=1S/C73H48N2/c1-3-15-49(16-4-1)54-19-11-21-56(43-54)58-23-13-25-61(45-58)72-65-28-7-8-29-66(65)73(62-26-14-24-59(46-62)57-22-12-20-55(44-57)50-17-5-2-6-18-50)68-47-60(37-40-67(68)72)53-33-31-51(32-34-53)52-35-38-63(39-36-52)75-70-30-10-9-27-64(70)69-48-74-42-41-71(69)75/h1-48H. The van der Waals surface area contributed by atoms with E-state index in [0.717, 1.165) is 16.6 Å². The minimum atomic E-state index is 1.13. The van der Waals surface area contributed by atoms with Crippen LogP contribution in [0.15, 0.2) is 291 Å². The maximum Gasteiger partial charge on any atom is 0.0571 e. The van der Waals surface area contributed by atoms with Gasteiger partial charge in [-0.2, -0.15) is 0 Å². The van der Waals surface area contributed by atoms with Gasteiger partial charge in [-0.15, -0.1) is 0 Å². The fourth-order valence-electron chi connectivity index (χ4n) is 11.5. The van der Waals surface area contributed by atoms with Gasteiger partial charge in [0, 0.05) is 28.9 Å². The number of fused-ring (bicyclic) bond motifs is 5. The van der Waals surface area contributed by atoms with Crippen LogP contribution in [0.4, 0.5) is 0 Å². The Hall–Kier alpha value is -9.89. The second-order valence-electron chi connectivity index (χ2n) is 19.5. The second-order valence-corrected chi connectivity index (χ2v) is 19.5. The van der Waals surface area contributed by atoms with E-state index >= 15 is 0 Å². The summed E-state index contributed by atoms with van der Waals surface area (Å²) in [6, 6.07) is 102. The molecule has 75 heavy (non-hydrogen) atoms. The van der Waals surface area contributed by atoms with Crippen molar-refractivity contribution >= 4 is 43.4 Å². The van der Waals surface area contributed by atoms with Gasteiger partial charge in [-0.05, 0) is 165 Å². The molecule has 14 aromatic rings. The molecule has 12 aromatic carbocycles. The van der Waals surface area contributed by atoms with Crippen LogP contribution in [0.5, 0.6) is 0 Å². The molecule has 2 heteroatoms. The van der Waals surface area contributed by atoms with Gasteiger partial charge in [-0.1, -0.05) is 224 Å². The predicted molar refractivity (Wildman–Crippen MR) is 317 cm³/mol. The number of aromatic nitrogens is 2. The molecule has 0 aliphatic heterocycles. The van der Waals surface area contributed by atoms with Crippen molar-refractivity contribution in [1.29, 1.82) is 0 Å². The average Bonchev–Trinajstić information content (AvgIpc) is 3.83. The van der Waals surface area contributed by atoms with E-state index in [-0.39, 0.29) is 0 Å². The molecular formula is C73H48N2. The lowest BCUT2D eigenvalue weighted by atomic mass is 9.83. The topological polar surface area (TPSA) is 17.8 Å². The van der Waals surface area contributed by atoms with Gasteiger partial charge in [0.05, 0.1) is 11.0 Å². The van der Waals surface area contributed by atoms with E-state index in [1.165, 1.54) is 121 Å². The van der Waals surface area contributed by atoms with Gasteiger partial charge in [-0.25, -0.2) is 0 Å². The molecule has 0 unspecified atom stereocenters. The first-order valence-corrected chi connectivity index (χ1v) is 25.7. The van der Waals surface area contributed by atoms with Gasteiger partial charge in [0.1, 0.15) is 0 Å². The number of nitrogens with zero attached hydrogens (tertiary/aromatic N) is 2. The normalized spacial score (nSPS) is 11.5. The third kappa shape index (κ3) is 7.97. The number of para-hydroxylation sites is 1. The van der Waals surface area contributed by atoms with E-state index in [9.17, 15) is 0 Å². The average molecular weight is 953 g/mol. The summed E-state index contributed by atoms with van der Waals surface area (Å²) in [5, 5.41) is 7.25. The fraction of sp³-hybridized carbons (Fsp3) is 0. The van der Waals surface area contributed by atoms with Crippen LogP contribution in [-0.2, 0) is 0 Å². The van der Waals surface area contributed by atoms with Crippen molar-refractivity contribution in [3.8, 4) is 94.7 Å². The van der Waals surface area contributed by atoms with Crippen molar-refractivity contribution in [1.82, 2.24) is 9.55 Å². The molecule has 0 saturated carbocycles. The Morgan fingerprint density at radius 3 is 1.11 bits per heavy atom. The van der Waals surface area contributed by atoms with Gasteiger partial charge in [0.25, 0.3) is 0 Å². The quantitative estimate of drug-likeness (QED) is 0.132. The molecule has 350 valence electrons. The van der Waals surface area contributed by atoms with Crippen LogP contribution < -0.4 is 0 Å². The van der Waals surface area contributed by atoms with Gasteiger partial charge < -0.3 is 4.57 Å². The summed E-state index contributed by atoms with van der Waals surface area (Å²) in [4.78, 5) is 4.45. The lowest BCUT2D eigenvalue weighted by Crippen LogP contribution is -1.93. The highest BCUT2D eigenvalue weighted by molar-refractivity contribution is 6.22. The third-order valence-corrected chi connectivity index (χ3v) is 15.1. The van der Waals surface area contributed by atoms with E-state index in [1.54, 1.807) is 0 Å². The van der Waals surface area contributed by atoms with Crippen molar-refractivity contribution in [2.75, 3.05) is 0 Å². The van der Waals surface area contributed by atoms with Crippen molar-refractivity contribution in [3.05, 3.63) is 291 Å². The smallest absolute Gasteiger partial charge is 0.0571 e.